The van der Waals surface area contributed by atoms with E-state index in [1.165, 1.54) is 29.2 Å². The van der Waals surface area contributed by atoms with Crippen molar-refractivity contribution in [2.45, 2.75) is 118 Å². The van der Waals surface area contributed by atoms with E-state index in [0.29, 0.717) is 23.3 Å². The van der Waals surface area contributed by atoms with Gasteiger partial charge in [0.1, 0.15) is 23.7 Å². The van der Waals surface area contributed by atoms with Crippen molar-refractivity contribution >= 4 is 5.97 Å². The molecule has 1 saturated heterocycles. The Bertz CT molecular complexity index is 1120. The lowest BCUT2D eigenvalue weighted by Crippen LogP contribution is -2.56. The third kappa shape index (κ3) is 12.3. The van der Waals surface area contributed by atoms with E-state index in [1.54, 1.807) is 19.1 Å². The average molecular weight is 571 g/mol. The van der Waals surface area contributed by atoms with Crippen molar-refractivity contribution in [1.82, 2.24) is 0 Å². The number of benzene rings is 1. The molecule has 4 unspecified atom stereocenters. The number of aryl methyl sites for hydroxylation is 1. The van der Waals surface area contributed by atoms with Gasteiger partial charge in [-0.1, -0.05) is 46.6 Å². The molecule has 1 aromatic carbocycles. The quantitative estimate of drug-likeness (QED) is 0.167. The van der Waals surface area contributed by atoms with Crippen molar-refractivity contribution < 1.29 is 34.3 Å². The number of carbonyl (C=O) groups excluding carboxylic acids is 1. The van der Waals surface area contributed by atoms with Crippen LogP contribution >= 0.6 is 0 Å². The minimum absolute atomic E-state index is 0.102. The van der Waals surface area contributed by atoms with Crippen LogP contribution in [0.3, 0.4) is 0 Å². The van der Waals surface area contributed by atoms with Crippen LogP contribution in [-0.2, 0) is 20.7 Å². The molecular weight excluding hydrogens is 520 g/mol. The molecule has 4 atom stereocenters. The third-order valence-electron chi connectivity index (χ3n) is 7.20. The first-order chi connectivity index (χ1) is 19.4. The molecule has 0 aromatic heterocycles. The van der Waals surface area contributed by atoms with Gasteiger partial charge in [0.25, 0.3) is 0 Å². The molecule has 1 aliphatic rings. The minimum atomic E-state index is -1.41. The summed E-state index contributed by atoms with van der Waals surface area (Å²) in [6.07, 6.45) is 11.0. The van der Waals surface area contributed by atoms with Crippen LogP contribution in [-0.4, -0.2) is 52.5 Å². The molecule has 3 N–H and O–H groups in total. The molecule has 1 aromatic rings. The number of aromatic hydroxyl groups is 1. The Hall–Kier alpha value is -2.87. The van der Waals surface area contributed by atoms with Crippen molar-refractivity contribution in [3.63, 3.8) is 0 Å². The van der Waals surface area contributed by atoms with Gasteiger partial charge in [-0.05, 0) is 104 Å². The lowest BCUT2D eigenvalue weighted by atomic mass is 10.0. The van der Waals surface area contributed by atoms with E-state index < -0.39 is 30.6 Å². The molecule has 0 amide bonds. The fraction of sp³-hybridized carbons (Fsp3) is 0.559. The van der Waals surface area contributed by atoms with Crippen molar-refractivity contribution in [3.05, 3.63) is 69.9 Å². The third-order valence-corrected chi connectivity index (χ3v) is 7.20. The molecule has 0 spiro atoms. The summed E-state index contributed by atoms with van der Waals surface area (Å²) in [6, 6.07) is 3.35. The van der Waals surface area contributed by atoms with Gasteiger partial charge in [0.2, 0.25) is 6.29 Å². The molecule has 1 fully saturated rings. The Morgan fingerprint density at radius 1 is 0.878 bits per heavy atom. The summed E-state index contributed by atoms with van der Waals surface area (Å²) in [5.74, 6) is 0.0340. The van der Waals surface area contributed by atoms with Crippen LogP contribution in [0.25, 0.3) is 0 Å². The molecule has 7 nitrogen and oxygen atoms in total. The average Bonchev–Trinajstić information content (AvgIpc) is 2.88. The first-order valence-corrected chi connectivity index (χ1v) is 14.6. The molecule has 0 bridgehead atoms. The Labute approximate surface area is 246 Å². The van der Waals surface area contributed by atoms with E-state index in [1.807, 2.05) is 0 Å². The van der Waals surface area contributed by atoms with Gasteiger partial charge >= 0.3 is 5.97 Å². The first kappa shape index (κ1) is 34.3. The highest BCUT2D eigenvalue weighted by Crippen LogP contribution is 2.31. The number of aliphatic hydroxyl groups excluding tert-OH is 2. The van der Waals surface area contributed by atoms with E-state index in [-0.39, 0.29) is 12.4 Å². The van der Waals surface area contributed by atoms with Gasteiger partial charge in [-0.3, -0.25) is 4.79 Å². The van der Waals surface area contributed by atoms with Crippen molar-refractivity contribution in [2.75, 3.05) is 6.61 Å². The maximum absolute atomic E-state index is 11.2. The number of carbonyl (C=O) groups is 1. The smallest absolute Gasteiger partial charge is 0.303 e. The Balaban J connectivity index is 1.88. The Morgan fingerprint density at radius 2 is 1.44 bits per heavy atom. The van der Waals surface area contributed by atoms with Gasteiger partial charge in [-0.15, -0.1) is 0 Å². The summed E-state index contributed by atoms with van der Waals surface area (Å²) >= 11 is 0. The zero-order chi connectivity index (χ0) is 30.5. The van der Waals surface area contributed by atoms with Crippen LogP contribution in [0.2, 0.25) is 0 Å². The molecule has 2 rings (SSSR count). The summed E-state index contributed by atoms with van der Waals surface area (Å²) in [5, 5.41) is 31.3. The first-order valence-electron chi connectivity index (χ1n) is 14.6. The predicted octanol–water partition coefficient (Wildman–Crippen LogP) is 6.78. The summed E-state index contributed by atoms with van der Waals surface area (Å²) in [6.45, 7) is 13.7. The SMILES string of the molecule is CC(=O)OC1COC(Oc2cc(C/C=C(\C)CC/C=C(\C)CC/C=C(\C)CCC=C(C)C)c(O)cc2C)C(O)C1O. The maximum Gasteiger partial charge on any atom is 0.303 e. The van der Waals surface area contributed by atoms with E-state index in [4.69, 9.17) is 14.2 Å². The topological polar surface area (TPSA) is 105 Å². The van der Waals surface area contributed by atoms with Gasteiger partial charge < -0.3 is 29.5 Å². The normalized spacial score (nSPS) is 21.9. The second-order valence-electron chi connectivity index (χ2n) is 11.4. The second kappa shape index (κ2) is 17.2. The van der Waals surface area contributed by atoms with Gasteiger partial charge in [0, 0.05) is 12.5 Å². The van der Waals surface area contributed by atoms with Gasteiger partial charge in [0.05, 0.1) is 6.61 Å². The number of aliphatic hydroxyl groups is 2. The van der Waals surface area contributed by atoms with E-state index >= 15 is 0 Å². The van der Waals surface area contributed by atoms with Gasteiger partial charge in [0.15, 0.2) is 6.10 Å². The van der Waals surface area contributed by atoms with Crippen LogP contribution in [0.4, 0.5) is 0 Å². The molecule has 228 valence electrons. The second-order valence-corrected chi connectivity index (χ2v) is 11.4. The fourth-order valence-electron chi connectivity index (χ4n) is 4.59. The molecule has 1 heterocycles. The lowest BCUT2D eigenvalue weighted by Gasteiger charge is -2.36. The zero-order valence-electron chi connectivity index (χ0n) is 25.9. The molecule has 7 heteroatoms. The minimum Gasteiger partial charge on any atom is -0.508 e. The standard InChI is InChI=1S/C34H50O7/c1-22(2)11-8-12-23(3)13-9-14-24(4)15-10-16-25(5)17-18-28-20-30(26(6)19-29(28)36)41-34-33(38)32(37)31(21-39-34)40-27(7)35/h11,13,15,17,19-20,31-34,36-38H,8-10,12,14,16,18,21H2,1-7H3/b23-13+,24-15+,25-17+. The van der Waals surface area contributed by atoms with Crippen LogP contribution in [0.15, 0.2) is 58.7 Å². The number of phenolic OH excluding ortho intramolecular Hbond substituents is 1. The molecule has 1 aliphatic heterocycles. The largest absolute Gasteiger partial charge is 0.508 e. The van der Waals surface area contributed by atoms with Crippen molar-refractivity contribution in [1.29, 1.82) is 0 Å². The highest BCUT2D eigenvalue weighted by molar-refractivity contribution is 5.66. The highest BCUT2D eigenvalue weighted by Gasteiger charge is 2.41. The Morgan fingerprint density at radius 3 is 2.00 bits per heavy atom. The molecule has 0 saturated carbocycles. The van der Waals surface area contributed by atoms with Crippen LogP contribution < -0.4 is 4.74 Å². The number of phenols is 1. The number of esters is 1. The lowest BCUT2D eigenvalue weighted by molar-refractivity contribution is -0.247. The zero-order valence-corrected chi connectivity index (χ0v) is 25.9. The maximum atomic E-state index is 11.2. The summed E-state index contributed by atoms with van der Waals surface area (Å²) in [7, 11) is 0. The van der Waals surface area contributed by atoms with E-state index in [0.717, 1.165) is 38.5 Å². The summed E-state index contributed by atoms with van der Waals surface area (Å²) < 4.78 is 16.4. The van der Waals surface area contributed by atoms with Crippen LogP contribution in [0.1, 0.15) is 91.2 Å². The van der Waals surface area contributed by atoms with Crippen LogP contribution in [0, 0.1) is 6.92 Å². The monoisotopic (exact) mass is 570 g/mol. The molecular formula is C34H50O7. The number of hydrogen-bond acceptors (Lipinski definition) is 7. The van der Waals surface area contributed by atoms with Crippen molar-refractivity contribution in [2.24, 2.45) is 0 Å². The van der Waals surface area contributed by atoms with Crippen molar-refractivity contribution in [3.8, 4) is 11.5 Å². The Kier molecular flexibility index (Phi) is 14.4. The molecule has 0 radical (unpaired) electrons. The van der Waals surface area contributed by atoms with E-state index in [9.17, 15) is 20.1 Å². The highest BCUT2D eigenvalue weighted by atomic mass is 16.7. The summed E-state index contributed by atoms with van der Waals surface area (Å²) in [5.41, 5.74) is 6.82. The number of rotatable bonds is 14. The number of ether oxygens (including phenoxy) is 3. The predicted molar refractivity (Wildman–Crippen MR) is 163 cm³/mol. The van der Waals surface area contributed by atoms with Gasteiger partial charge in [-0.2, -0.15) is 0 Å². The van der Waals surface area contributed by atoms with Gasteiger partial charge in [-0.25, -0.2) is 0 Å². The van der Waals surface area contributed by atoms with Crippen LogP contribution in [0.5, 0.6) is 11.5 Å². The number of hydrogen-bond donors (Lipinski definition) is 3. The molecule has 0 aliphatic carbocycles. The fourth-order valence-corrected chi connectivity index (χ4v) is 4.59. The van der Waals surface area contributed by atoms with E-state index in [2.05, 4.69) is 58.9 Å². The molecule has 41 heavy (non-hydrogen) atoms. The number of allylic oxidation sites excluding steroid dienone is 8. The summed E-state index contributed by atoms with van der Waals surface area (Å²) in [4.78, 5) is 11.2.